The summed E-state index contributed by atoms with van der Waals surface area (Å²) in [5.74, 6) is 6.50. The molecule has 1 aromatic rings. The van der Waals surface area contributed by atoms with E-state index in [0.717, 1.165) is 31.6 Å². The number of hydrogen-bond acceptors (Lipinski definition) is 0. The third kappa shape index (κ3) is 7.19. The molecule has 0 aliphatic heterocycles. The van der Waals surface area contributed by atoms with Crippen LogP contribution in [0.2, 0.25) is 0 Å². The molecule has 0 saturated heterocycles. The molecule has 0 N–H and O–H groups in total. The fraction of sp³-hybridized carbons (Fsp3) is 0.667. The Morgan fingerprint density at radius 1 is 0.781 bits per heavy atom. The van der Waals surface area contributed by atoms with Gasteiger partial charge in [0.15, 0.2) is 11.6 Å². The van der Waals surface area contributed by atoms with Crippen molar-refractivity contribution in [2.45, 2.75) is 110 Å². The summed E-state index contributed by atoms with van der Waals surface area (Å²) < 4.78 is 29.7. The number of rotatable bonds is 9. The number of hydrogen-bond donors (Lipinski definition) is 0. The molecular weight excluding hydrogens is 398 g/mol. The maximum atomic E-state index is 14.9. The number of unbranched alkanes of at least 4 members (excludes halogenated alkanes) is 4. The van der Waals surface area contributed by atoms with Crippen LogP contribution in [0, 0.1) is 41.2 Å². The summed E-state index contributed by atoms with van der Waals surface area (Å²) in [4.78, 5) is 0. The molecule has 176 valence electrons. The van der Waals surface area contributed by atoms with E-state index in [0.29, 0.717) is 17.4 Å². The molecule has 1 aromatic carbocycles. The first-order chi connectivity index (χ1) is 15.6. The highest BCUT2D eigenvalue weighted by Crippen LogP contribution is 2.35. The molecule has 3 rings (SSSR count). The minimum atomic E-state index is -0.762. The van der Waals surface area contributed by atoms with Gasteiger partial charge in [-0.2, -0.15) is 0 Å². The lowest BCUT2D eigenvalue weighted by Crippen LogP contribution is -2.13. The van der Waals surface area contributed by atoms with E-state index in [2.05, 4.69) is 37.8 Å². The first kappa shape index (κ1) is 25.0. The molecule has 0 radical (unpaired) electrons. The molecule has 2 aliphatic carbocycles. The summed E-state index contributed by atoms with van der Waals surface area (Å²) in [7, 11) is 0. The topological polar surface area (TPSA) is 0 Å². The highest BCUT2D eigenvalue weighted by Gasteiger charge is 2.23. The third-order valence-electron chi connectivity index (χ3n) is 7.63. The van der Waals surface area contributed by atoms with E-state index < -0.39 is 11.6 Å². The maximum Gasteiger partial charge on any atom is 0.174 e. The summed E-state index contributed by atoms with van der Waals surface area (Å²) in [5.41, 5.74) is 0.706. The van der Waals surface area contributed by atoms with E-state index >= 15 is 0 Å². The zero-order valence-corrected chi connectivity index (χ0v) is 20.3. The van der Waals surface area contributed by atoms with Crippen molar-refractivity contribution in [2.24, 2.45) is 17.8 Å². The molecule has 0 bridgehead atoms. The summed E-state index contributed by atoms with van der Waals surface area (Å²) in [5, 5.41) is 0. The summed E-state index contributed by atoms with van der Waals surface area (Å²) in [6.07, 6.45) is 21.2. The fourth-order valence-electron chi connectivity index (χ4n) is 5.44. The van der Waals surface area contributed by atoms with Crippen LogP contribution in [-0.4, -0.2) is 0 Å². The number of allylic oxidation sites excluding steroid dienone is 2. The second-order valence-electron chi connectivity index (χ2n) is 10.1. The number of benzene rings is 1. The molecule has 0 spiro atoms. The zero-order chi connectivity index (χ0) is 22.8. The molecule has 0 nitrogen and oxygen atoms in total. The zero-order valence-electron chi connectivity index (χ0n) is 20.3. The van der Waals surface area contributed by atoms with Crippen molar-refractivity contribution >= 4 is 0 Å². The van der Waals surface area contributed by atoms with Crippen molar-refractivity contribution in [1.29, 1.82) is 0 Å². The molecule has 0 aromatic heterocycles. The highest BCUT2D eigenvalue weighted by atomic mass is 19.2. The molecular formula is C30H42F2. The Kier molecular flexibility index (Phi) is 10.3. The van der Waals surface area contributed by atoms with Crippen molar-refractivity contribution in [1.82, 2.24) is 0 Å². The molecule has 0 heterocycles. The summed E-state index contributed by atoms with van der Waals surface area (Å²) in [6, 6.07) is 3.46. The maximum absolute atomic E-state index is 14.9. The van der Waals surface area contributed by atoms with Crippen molar-refractivity contribution in [2.75, 3.05) is 0 Å². The van der Waals surface area contributed by atoms with E-state index in [1.807, 2.05) is 0 Å². The smallest absolute Gasteiger partial charge is 0.174 e. The minimum Gasteiger partial charge on any atom is -0.203 e. The van der Waals surface area contributed by atoms with Crippen molar-refractivity contribution < 1.29 is 8.78 Å². The Morgan fingerprint density at radius 2 is 1.50 bits per heavy atom. The van der Waals surface area contributed by atoms with Gasteiger partial charge < -0.3 is 0 Å². The lowest BCUT2D eigenvalue weighted by atomic mass is 9.80. The van der Waals surface area contributed by atoms with Crippen molar-refractivity contribution in [3.63, 3.8) is 0 Å². The molecule has 1 fully saturated rings. The van der Waals surface area contributed by atoms with Gasteiger partial charge in [-0.1, -0.05) is 88.9 Å². The normalized spacial score (nSPS) is 25.4. The van der Waals surface area contributed by atoms with Gasteiger partial charge in [0.2, 0.25) is 0 Å². The molecule has 1 saturated carbocycles. The van der Waals surface area contributed by atoms with Crippen LogP contribution in [0.3, 0.4) is 0 Å². The predicted octanol–water partition coefficient (Wildman–Crippen LogP) is 9.33. The predicted molar refractivity (Wildman–Crippen MR) is 132 cm³/mol. The molecule has 32 heavy (non-hydrogen) atoms. The van der Waals surface area contributed by atoms with Gasteiger partial charge in [0.1, 0.15) is 0 Å². The first-order valence-corrected chi connectivity index (χ1v) is 13.3. The average molecular weight is 441 g/mol. The van der Waals surface area contributed by atoms with Gasteiger partial charge in [0.05, 0.1) is 5.56 Å². The van der Waals surface area contributed by atoms with Gasteiger partial charge in [-0.15, -0.1) is 0 Å². The third-order valence-corrected chi connectivity index (χ3v) is 7.63. The Balaban J connectivity index is 1.55. The lowest BCUT2D eigenvalue weighted by molar-refractivity contribution is 0.294. The van der Waals surface area contributed by atoms with E-state index in [-0.39, 0.29) is 11.5 Å². The SMILES string of the molecule is CCCCCC1C=CC(c2ccc(C#CC3CCC(CCCCC)CC3)c(F)c2F)CC1. The average Bonchev–Trinajstić information content (AvgIpc) is 2.82. The standard InChI is InChI=1S/C30H42F2/c1-3-5-7-9-23-11-13-25(14-12-23)17-20-27-21-22-28(30(32)29(27)31)26-18-15-24(16-19-26)10-8-6-4-2/h15,18,21-26H,3-14,16,19H2,1-2H3. The summed E-state index contributed by atoms with van der Waals surface area (Å²) >= 11 is 0. The highest BCUT2D eigenvalue weighted by molar-refractivity contribution is 5.41. The Hall–Kier alpha value is -1.62. The van der Waals surface area contributed by atoms with Gasteiger partial charge >= 0.3 is 0 Å². The van der Waals surface area contributed by atoms with Crippen LogP contribution < -0.4 is 0 Å². The molecule has 2 aliphatic rings. The van der Waals surface area contributed by atoms with Gasteiger partial charge in [0, 0.05) is 11.8 Å². The van der Waals surface area contributed by atoms with E-state index in [9.17, 15) is 8.78 Å². The first-order valence-electron chi connectivity index (χ1n) is 13.3. The van der Waals surface area contributed by atoms with E-state index in [1.54, 1.807) is 12.1 Å². The molecule has 2 unspecified atom stereocenters. The second kappa shape index (κ2) is 13.2. The van der Waals surface area contributed by atoms with Crippen LogP contribution >= 0.6 is 0 Å². The van der Waals surface area contributed by atoms with Crippen molar-refractivity contribution in [3.05, 3.63) is 47.0 Å². The van der Waals surface area contributed by atoms with Crippen LogP contribution in [0.15, 0.2) is 24.3 Å². The Labute approximate surface area is 195 Å². The lowest BCUT2D eigenvalue weighted by Gasteiger charge is -2.25. The molecule has 2 atom stereocenters. The van der Waals surface area contributed by atoms with E-state index in [4.69, 9.17) is 0 Å². The molecule has 2 heteroatoms. The van der Waals surface area contributed by atoms with Gasteiger partial charge in [0.25, 0.3) is 0 Å². The van der Waals surface area contributed by atoms with Gasteiger partial charge in [-0.25, -0.2) is 8.78 Å². The summed E-state index contributed by atoms with van der Waals surface area (Å²) in [6.45, 7) is 4.47. The fourth-order valence-corrected chi connectivity index (χ4v) is 5.44. The largest absolute Gasteiger partial charge is 0.203 e. The van der Waals surface area contributed by atoms with Gasteiger partial charge in [-0.3, -0.25) is 0 Å². The minimum absolute atomic E-state index is 0.0167. The van der Waals surface area contributed by atoms with Gasteiger partial charge in [-0.05, 0) is 68.4 Å². The van der Waals surface area contributed by atoms with Crippen LogP contribution in [-0.2, 0) is 0 Å². The molecule has 0 amide bonds. The van der Waals surface area contributed by atoms with E-state index in [1.165, 1.54) is 64.2 Å². The van der Waals surface area contributed by atoms with Crippen molar-refractivity contribution in [3.8, 4) is 11.8 Å². The number of halogens is 2. The Morgan fingerprint density at radius 3 is 2.16 bits per heavy atom. The van der Waals surface area contributed by atoms with Crippen LogP contribution in [0.25, 0.3) is 0 Å². The second-order valence-corrected chi connectivity index (χ2v) is 10.1. The monoisotopic (exact) mass is 440 g/mol. The van der Waals surface area contributed by atoms with Crippen LogP contribution in [0.5, 0.6) is 0 Å². The Bertz CT molecular complexity index is 789. The quantitative estimate of drug-likeness (QED) is 0.204. The van der Waals surface area contributed by atoms with Crippen LogP contribution in [0.4, 0.5) is 8.78 Å². The van der Waals surface area contributed by atoms with Crippen LogP contribution in [0.1, 0.15) is 121 Å².